The van der Waals surface area contributed by atoms with Gasteiger partial charge in [-0.25, -0.2) is 0 Å². The number of aromatic nitrogens is 1. The number of pyridine rings is 1. The van der Waals surface area contributed by atoms with Crippen LogP contribution in [0.15, 0.2) is 24.4 Å². The van der Waals surface area contributed by atoms with Gasteiger partial charge in [-0.2, -0.15) is 4.57 Å². The van der Waals surface area contributed by atoms with Crippen LogP contribution in [0.4, 0.5) is 0 Å². The van der Waals surface area contributed by atoms with Gasteiger partial charge in [-0.05, 0) is 0 Å². The van der Waals surface area contributed by atoms with E-state index in [-0.39, 0.29) is 24.9 Å². The number of rotatable bonds is 2. The Bertz CT molecular complexity index is 276. The Labute approximate surface area is 77.6 Å². The van der Waals surface area contributed by atoms with Gasteiger partial charge in [-0.1, -0.05) is 6.07 Å². The Morgan fingerprint density at radius 3 is 2.75 bits per heavy atom. The van der Waals surface area contributed by atoms with Gasteiger partial charge in [-0.3, -0.25) is 4.79 Å². The molecular weight excluding hydrogens is 176 g/mol. The zero-order valence-corrected chi connectivity index (χ0v) is 7.58. The molecule has 0 bridgehead atoms. The first-order valence-corrected chi connectivity index (χ1v) is 3.43. The van der Waals surface area contributed by atoms with Gasteiger partial charge in [0.2, 0.25) is 6.54 Å². The molecule has 0 saturated carbocycles. The first-order chi connectivity index (χ1) is 5.20. The van der Waals surface area contributed by atoms with E-state index in [0.717, 1.165) is 5.69 Å². The average molecular weight is 187 g/mol. The van der Waals surface area contributed by atoms with Crippen molar-refractivity contribution in [2.45, 2.75) is 13.5 Å². The number of halogens is 1. The monoisotopic (exact) mass is 186 g/mol. The SMILES string of the molecule is Cc1cccc[n+]1CC(N)=O.[Cl-]. The number of amides is 1. The van der Waals surface area contributed by atoms with Gasteiger partial charge in [-0.15, -0.1) is 0 Å². The van der Waals surface area contributed by atoms with Gasteiger partial charge in [0, 0.05) is 19.1 Å². The molecule has 1 aromatic rings. The zero-order chi connectivity index (χ0) is 8.27. The van der Waals surface area contributed by atoms with Crippen LogP contribution in [0.1, 0.15) is 5.69 Å². The fraction of sp³-hybridized carbons (Fsp3) is 0.250. The highest BCUT2D eigenvalue weighted by molar-refractivity contribution is 5.72. The van der Waals surface area contributed by atoms with Crippen LogP contribution in [0.3, 0.4) is 0 Å². The van der Waals surface area contributed by atoms with Crippen molar-refractivity contribution in [1.82, 2.24) is 0 Å². The van der Waals surface area contributed by atoms with Crippen LogP contribution in [-0.4, -0.2) is 5.91 Å². The summed E-state index contributed by atoms with van der Waals surface area (Å²) < 4.78 is 1.81. The minimum atomic E-state index is -0.315. The summed E-state index contributed by atoms with van der Waals surface area (Å²) in [5, 5.41) is 0. The molecule has 0 radical (unpaired) electrons. The summed E-state index contributed by atoms with van der Waals surface area (Å²) in [6, 6.07) is 5.73. The van der Waals surface area contributed by atoms with Gasteiger partial charge >= 0.3 is 0 Å². The summed E-state index contributed by atoms with van der Waals surface area (Å²) >= 11 is 0. The van der Waals surface area contributed by atoms with Gasteiger partial charge in [0.05, 0.1) is 0 Å². The lowest BCUT2D eigenvalue weighted by Crippen LogP contribution is -3.00. The second-order valence-electron chi connectivity index (χ2n) is 2.44. The quantitative estimate of drug-likeness (QED) is 0.486. The van der Waals surface area contributed by atoms with Crippen molar-refractivity contribution in [2.75, 3.05) is 0 Å². The van der Waals surface area contributed by atoms with E-state index in [9.17, 15) is 4.79 Å². The van der Waals surface area contributed by atoms with Crippen molar-refractivity contribution in [2.24, 2.45) is 5.73 Å². The van der Waals surface area contributed by atoms with E-state index in [2.05, 4.69) is 0 Å². The van der Waals surface area contributed by atoms with E-state index in [4.69, 9.17) is 5.73 Å². The zero-order valence-electron chi connectivity index (χ0n) is 6.83. The molecule has 0 aromatic carbocycles. The third-order valence-electron chi connectivity index (χ3n) is 1.49. The smallest absolute Gasteiger partial charge is 0.283 e. The molecule has 0 aliphatic rings. The molecule has 0 spiro atoms. The fourth-order valence-corrected chi connectivity index (χ4v) is 0.907. The number of carbonyl (C=O) groups excluding carboxylic acids is 1. The summed E-state index contributed by atoms with van der Waals surface area (Å²) in [6.45, 7) is 2.19. The summed E-state index contributed by atoms with van der Waals surface area (Å²) in [5.74, 6) is -0.315. The third kappa shape index (κ3) is 2.88. The maximum Gasteiger partial charge on any atom is 0.283 e. The van der Waals surface area contributed by atoms with Crippen LogP contribution in [-0.2, 0) is 11.3 Å². The minimum absolute atomic E-state index is 0. The normalized spacial score (nSPS) is 8.75. The molecule has 0 fully saturated rings. The Morgan fingerprint density at radius 1 is 1.58 bits per heavy atom. The molecule has 4 heteroatoms. The molecule has 66 valence electrons. The molecular formula is C8H11ClN2O. The van der Waals surface area contributed by atoms with Crippen LogP contribution in [0.25, 0.3) is 0 Å². The highest BCUT2D eigenvalue weighted by Crippen LogP contribution is 1.86. The lowest BCUT2D eigenvalue weighted by atomic mass is 10.3. The maximum absolute atomic E-state index is 10.5. The number of aryl methyl sites for hydroxylation is 1. The van der Waals surface area contributed by atoms with Crippen molar-refractivity contribution in [3.8, 4) is 0 Å². The standard InChI is InChI=1S/C8H10N2O.ClH/c1-7-4-2-3-5-10(7)6-8(9)11;/h2-5H,6H2,1H3,(H-,9,11);1H. The molecule has 1 rings (SSSR count). The Balaban J connectivity index is 0.00000121. The van der Waals surface area contributed by atoms with Gasteiger partial charge in [0.1, 0.15) is 0 Å². The molecule has 0 aliphatic carbocycles. The fourth-order valence-electron chi connectivity index (χ4n) is 0.907. The van der Waals surface area contributed by atoms with Crippen LogP contribution in [0.5, 0.6) is 0 Å². The summed E-state index contributed by atoms with van der Waals surface area (Å²) in [5.41, 5.74) is 6.07. The molecule has 2 N–H and O–H groups in total. The van der Waals surface area contributed by atoms with Gasteiger partial charge in [0.15, 0.2) is 11.9 Å². The molecule has 12 heavy (non-hydrogen) atoms. The number of nitrogens with zero attached hydrogens (tertiary/aromatic N) is 1. The topological polar surface area (TPSA) is 47.0 Å². The van der Waals surface area contributed by atoms with Crippen molar-refractivity contribution < 1.29 is 21.8 Å². The highest BCUT2D eigenvalue weighted by atomic mass is 35.5. The van der Waals surface area contributed by atoms with Crippen LogP contribution in [0, 0.1) is 6.92 Å². The number of hydrogen-bond acceptors (Lipinski definition) is 1. The van der Waals surface area contributed by atoms with Crippen LogP contribution >= 0.6 is 0 Å². The number of hydrogen-bond donors (Lipinski definition) is 1. The lowest BCUT2D eigenvalue weighted by Gasteiger charge is -1.94. The van der Waals surface area contributed by atoms with Crippen molar-refractivity contribution >= 4 is 5.91 Å². The van der Waals surface area contributed by atoms with E-state index in [0.29, 0.717) is 0 Å². The van der Waals surface area contributed by atoms with Gasteiger partial charge < -0.3 is 18.1 Å². The van der Waals surface area contributed by atoms with Crippen molar-refractivity contribution in [3.63, 3.8) is 0 Å². The summed E-state index contributed by atoms with van der Waals surface area (Å²) in [6.07, 6.45) is 1.83. The van der Waals surface area contributed by atoms with Crippen molar-refractivity contribution in [3.05, 3.63) is 30.1 Å². The Kier molecular flexibility index (Phi) is 4.29. The van der Waals surface area contributed by atoms with E-state index < -0.39 is 0 Å². The average Bonchev–Trinajstić information content (AvgIpc) is 1.93. The predicted molar refractivity (Wildman–Crippen MR) is 40.6 cm³/mol. The molecule has 0 saturated heterocycles. The third-order valence-corrected chi connectivity index (χ3v) is 1.49. The van der Waals surface area contributed by atoms with Crippen LogP contribution < -0.4 is 22.7 Å². The molecule has 1 aromatic heterocycles. The Morgan fingerprint density at radius 2 is 2.25 bits per heavy atom. The van der Waals surface area contributed by atoms with E-state index in [1.54, 1.807) is 0 Å². The second kappa shape index (κ2) is 4.72. The molecule has 3 nitrogen and oxygen atoms in total. The lowest BCUT2D eigenvalue weighted by molar-refractivity contribution is -0.690. The largest absolute Gasteiger partial charge is 1.00 e. The number of nitrogens with two attached hydrogens (primary N) is 1. The Hall–Kier alpha value is -1.09. The first-order valence-electron chi connectivity index (χ1n) is 3.43. The highest BCUT2D eigenvalue weighted by Gasteiger charge is 2.06. The first kappa shape index (κ1) is 10.9. The molecule has 0 unspecified atom stereocenters. The predicted octanol–water partition coefficient (Wildman–Crippen LogP) is -3.23. The van der Waals surface area contributed by atoms with E-state index in [1.807, 2.05) is 35.9 Å². The molecule has 1 amide bonds. The molecule has 0 aliphatic heterocycles. The molecule has 1 heterocycles. The van der Waals surface area contributed by atoms with Crippen LogP contribution in [0.2, 0.25) is 0 Å². The number of carbonyl (C=O) groups is 1. The summed E-state index contributed by atoms with van der Waals surface area (Å²) in [7, 11) is 0. The van der Waals surface area contributed by atoms with E-state index >= 15 is 0 Å². The van der Waals surface area contributed by atoms with Crippen molar-refractivity contribution in [1.29, 1.82) is 0 Å². The second-order valence-corrected chi connectivity index (χ2v) is 2.44. The number of primary amides is 1. The maximum atomic E-state index is 10.5. The van der Waals surface area contributed by atoms with E-state index in [1.165, 1.54) is 0 Å². The minimum Gasteiger partial charge on any atom is -1.00 e. The summed E-state index contributed by atoms with van der Waals surface area (Å²) in [4.78, 5) is 10.5. The molecule has 0 atom stereocenters. The van der Waals surface area contributed by atoms with Gasteiger partial charge in [0.25, 0.3) is 5.91 Å².